The number of aliphatic hydroxyl groups excluding tert-OH is 1. The van der Waals surface area contributed by atoms with Gasteiger partial charge < -0.3 is 20.3 Å². The van der Waals surface area contributed by atoms with Gasteiger partial charge in [0.2, 0.25) is 0 Å². The van der Waals surface area contributed by atoms with Crippen LogP contribution in [0.3, 0.4) is 0 Å². The van der Waals surface area contributed by atoms with Gasteiger partial charge in [-0.15, -0.1) is 0 Å². The number of aliphatic hydroxyl groups is 1. The lowest BCUT2D eigenvalue weighted by Crippen LogP contribution is -2.20. The predicted octanol–water partition coefficient (Wildman–Crippen LogP) is 2.25. The highest BCUT2D eigenvalue weighted by Crippen LogP contribution is 2.37. The number of hydrogen-bond acceptors (Lipinski definition) is 4. The first kappa shape index (κ1) is 16.1. The molecular formula is C14H22ClNO3. The summed E-state index contributed by atoms with van der Waals surface area (Å²) in [6.45, 7) is 5.38. The molecular weight excluding hydrogens is 266 g/mol. The van der Waals surface area contributed by atoms with E-state index in [0.717, 1.165) is 5.56 Å². The second kappa shape index (κ2) is 8.25. The molecule has 4 nitrogen and oxygen atoms in total. The van der Waals surface area contributed by atoms with E-state index < -0.39 is 0 Å². The minimum Gasteiger partial charge on any atom is -0.490 e. The molecule has 1 atom stereocenters. The Kier molecular flexibility index (Phi) is 6.99. The lowest BCUT2D eigenvalue weighted by atomic mass is 10.00. The second-order valence-corrected chi connectivity index (χ2v) is 4.67. The summed E-state index contributed by atoms with van der Waals surface area (Å²) in [5.74, 6) is 1.24. The van der Waals surface area contributed by atoms with E-state index >= 15 is 0 Å². The maximum absolute atomic E-state index is 9.20. The molecule has 0 aliphatic rings. The topological polar surface area (TPSA) is 64.7 Å². The van der Waals surface area contributed by atoms with E-state index in [9.17, 15) is 5.11 Å². The Labute approximate surface area is 119 Å². The van der Waals surface area contributed by atoms with Gasteiger partial charge in [0.25, 0.3) is 0 Å². The van der Waals surface area contributed by atoms with E-state index in [-0.39, 0.29) is 12.5 Å². The van der Waals surface area contributed by atoms with Gasteiger partial charge in [-0.2, -0.15) is 0 Å². The van der Waals surface area contributed by atoms with Gasteiger partial charge in [0.15, 0.2) is 11.5 Å². The summed E-state index contributed by atoms with van der Waals surface area (Å²) < 4.78 is 11.1. The van der Waals surface area contributed by atoms with Crippen LogP contribution in [0.5, 0.6) is 11.5 Å². The Morgan fingerprint density at radius 1 is 1.26 bits per heavy atom. The van der Waals surface area contributed by atoms with Crippen LogP contribution >= 0.6 is 11.6 Å². The quantitative estimate of drug-likeness (QED) is 0.770. The molecule has 108 valence electrons. The van der Waals surface area contributed by atoms with Gasteiger partial charge in [0.1, 0.15) is 0 Å². The van der Waals surface area contributed by atoms with Gasteiger partial charge in [0, 0.05) is 6.61 Å². The van der Waals surface area contributed by atoms with Crippen molar-refractivity contribution in [1.82, 2.24) is 0 Å². The van der Waals surface area contributed by atoms with Gasteiger partial charge in [-0.3, -0.25) is 0 Å². The van der Waals surface area contributed by atoms with Gasteiger partial charge >= 0.3 is 0 Å². The fraction of sp³-hybridized carbons (Fsp3) is 0.571. The number of nitrogens with two attached hydrogens (primary N) is 1. The Hall–Kier alpha value is -0.970. The summed E-state index contributed by atoms with van der Waals surface area (Å²) in [5, 5.41) is 9.72. The van der Waals surface area contributed by atoms with Crippen molar-refractivity contribution in [3.8, 4) is 11.5 Å². The molecule has 0 amide bonds. The molecule has 3 N–H and O–H groups in total. The van der Waals surface area contributed by atoms with Gasteiger partial charge in [-0.1, -0.05) is 11.6 Å². The van der Waals surface area contributed by atoms with E-state index in [0.29, 0.717) is 42.7 Å². The van der Waals surface area contributed by atoms with E-state index in [1.54, 1.807) is 0 Å². The van der Waals surface area contributed by atoms with Crippen LogP contribution in [0.4, 0.5) is 0 Å². The number of hydrogen-bond donors (Lipinski definition) is 2. The molecule has 1 rings (SSSR count). The minimum atomic E-state index is 0.0310. The van der Waals surface area contributed by atoms with Crippen molar-refractivity contribution >= 4 is 11.6 Å². The predicted molar refractivity (Wildman–Crippen MR) is 77.1 cm³/mol. The molecule has 19 heavy (non-hydrogen) atoms. The molecule has 0 aromatic heterocycles. The zero-order chi connectivity index (χ0) is 14.3. The monoisotopic (exact) mass is 287 g/mol. The number of benzene rings is 1. The van der Waals surface area contributed by atoms with Crippen LogP contribution in [0, 0.1) is 5.92 Å². The van der Waals surface area contributed by atoms with Crippen LogP contribution in [0.25, 0.3) is 0 Å². The average molecular weight is 288 g/mol. The molecule has 0 aliphatic heterocycles. The smallest absolute Gasteiger partial charge is 0.179 e. The summed E-state index contributed by atoms with van der Waals surface area (Å²) in [5.41, 5.74) is 6.58. The van der Waals surface area contributed by atoms with Crippen molar-refractivity contribution in [2.75, 3.05) is 26.4 Å². The van der Waals surface area contributed by atoms with Crippen molar-refractivity contribution in [2.24, 2.45) is 11.7 Å². The summed E-state index contributed by atoms with van der Waals surface area (Å²) in [6, 6.07) is 3.74. The maximum atomic E-state index is 9.20. The van der Waals surface area contributed by atoms with E-state index in [1.165, 1.54) is 0 Å². The van der Waals surface area contributed by atoms with E-state index in [2.05, 4.69) is 0 Å². The second-order valence-electron chi connectivity index (χ2n) is 4.26. The average Bonchev–Trinajstić information content (AvgIpc) is 2.40. The van der Waals surface area contributed by atoms with Crippen LogP contribution in [-0.4, -0.2) is 31.5 Å². The molecule has 5 heteroatoms. The number of rotatable bonds is 8. The molecule has 0 aliphatic carbocycles. The Balaban J connectivity index is 3.01. The zero-order valence-electron chi connectivity index (χ0n) is 11.5. The summed E-state index contributed by atoms with van der Waals surface area (Å²) >= 11 is 6.22. The van der Waals surface area contributed by atoms with Gasteiger partial charge in [-0.05, 0) is 50.4 Å². The molecule has 1 unspecified atom stereocenters. The first-order valence-corrected chi connectivity index (χ1v) is 6.92. The Morgan fingerprint density at radius 3 is 2.47 bits per heavy atom. The number of halogens is 1. The molecule has 0 saturated carbocycles. The molecule has 1 aromatic rings. The molecule has 0 bridgehead atoms. The first-order chi connectivity index (χ1) is 9.15. The fourth-order valence-electron chi connectivity index (χ4n) is 1.84. The van der Waals surface area contributed by atoms with Crippen LogP contribution in [0.1, 0.15) is 19.4 Å². The third-order valence-corrected chi connectivity index (χ3v) is 3.05. The third-order valence-electron chi connectivity index (χ3n) is 2.77. The normalized spacial score (nSPS) is 12.3. The van der Waals surface area contributed by atoms with Crippen molar-refractivity contribution in [3.63, 3.8) is 0 Å². The van der Waals surface area contributed by atoms with Crippen molar-refractivity contribution < 1.29 is 14.6 Å². The molecule has 0 heterocycles. The lowest BCUT2D eigenvalue weighted by Gasteiger charge is -2.16. The summed E-state index contributed by atoms with van der Waals surface area (Å²) in [6.07, 6.45) is 0.666. The van der Waals surface area contributed by atoms with E-state index in [4.69, 9.17) is 26.8 Å². The summed E-state index contributed by atoms with van der Waals surface area (Å²) in [7, 11) is 0. The lowest BCUT2D eigenvalue weighted by molar-refractivity contribution is 0.229. The van der Waals surface area contributed by atoms with Crippen LogP contribution in [0.15, 0.2) is 12.1 Å². The Morgan fingerprint density at radius 2 is 1.95 bits per heavy atom. The van der Waals surface area contributed by atoms with Crippen LogP contribution < -0.4 is 15.2 Å². The highest BCUT2D eigenvalue weighted by Gasteiger charge is 2.14. The van der Waals surface area contributed by atoms with Crippen LogP contribution in [-0.2, 0) is 6.42 Å². The highest BCUT2D eigenvalue weighted by molar-refractivity contribution is 6.32. The Bertz CT molecular complexity index is 395. The highest BCUT2D eigenvalue weighted by atomic mass is 35.5. The van der Waals surface area contributed by atoms with Crippen molar-refractivity contribution in [3.05, 3.63) is 22.7 Å². The van der Waals surface area contributed by atoms with Crippen molar-refractivity contribution in [1.29, 1.82) is 0 Å². The molecule has 0 radical (unpaired) electrons. The summed E-state index contributed by atoms with van der Waals surface area (Å²) in [4.78, 5) is 0. The van der Waals surface area contributed by atoms with E-state index in [1.807, 2.05) is 26.0 Å². The van der Waals surface area contributed by atoms with Gasteiger partial charge in [-0.25, -0.2) is 0 Å². The fourth-order valence-corrected chi connectivity index (χ4v) is 2.13. The SMILES string of the molecule is CCOc1cc(CC(CN)CO)cc(Cl)c1OCC. The molecule has 0 saturated heterocycles. The largest absolute Gasteiger partial charge is 0.490 e. The van der Waals surface area contributed by atoms with Crippen molar-refractivity contribution in [2.45, 2.75) is 20.3 Å². The standard InChI is InChI=1S/C14H22ClNO3/c1-3-18-13-7-10(5-11(8-16)9-17)6-12(15)14(13)19-4-2/h6-7,11,17H,3-5,8-9,16H2,1-2H3. The minimum absolute atomic E-state index is 0.0310. The van der Waals surface area contributed by atoms with Crippen LogP contribution in [0.2, 0.25) is 5.02 Å². The molecule has 0 spiro atoms. The third kappa shape index (κ3) is 4.56. The zero-order valence-corrected chi connectivity index (χ0v) is 12.2. The molecule has 0 fully saturated rings. The molecule has 1 aromatic carbocycles. The van der Waals surface area contributed by atoms with Gasteiger partial charge in [0.05, 0.1) is 18.2 Å². The number of ether oxygens (including phenoxy) is 2. The first-order valence-electron chi connectivity index (χ1n) is 6.55. The maximum Gasteiger partial charge on any atom is 0.179 e.